The number of hydrogen-bond acceptors (Lipinski definition) is 8. The molecule has 254 valence electrons. The van der Waals surface area contributed by atoms with Crippen LogP contribution in [-0.4, -0.2) is 59.3 Å². The number of piperidine rings is 1. The van der Waals surface area contributed by atoms with Crippen molar-refractivity contribution in [2.24, 2.45) is 0 Å². The molecular weight excluding hydrogens is 662 g/mol. The number of phenols is 1. The lowest BCUT2D eigenvalue weighted by atomic mass is 10.0. The van der Waals surface area contributed by atoms with Gasteiger partial charge >= 0.3 is 11.0 Å². The van der Waals surface area contributed by atoms with E-state index in [4.69, 9.17) is 16.3 Å². The molecule has 1 aromatic heterocycles. The van der Waals surface area contributed by atoms with Gasteiger partial charge in [0.1, 0.15) is 17.4 Å². The number of nitrogens with zero attached hydrogens (tertiary/aromatic N) is 1. The first-order chi connectivity index (χ1) is 23.8. The molecule has 0 atom stereocenters. The van der Waals surface area contributed by atoms with E-state index in [1.807, 2.05) is 72.8 Å². The molecule has 2 amide bonds. The van der Waals surface area contributed by atoms with Crippen molar-refractivity contribution in [1.29, 1.82) is 0 Å². The second-order valence-electron chi connectivity index (χ2n) is 12.0. The second-order valence-corrected chi connectivity index (χ2v) is 13.4. The number of aromatic amines is 1. The van der Waals surface area contributed by atoms with Crippen molar-refractivity contribution in [2.75, 3.05) is 36.8 Å². The Bertz CT molecular complexity index is 1970. The second kappa shape index (κ2) is 16.1. The Labute approximate surface area is 293 Å². The quantitative estimate of drug-likeness (QED) is 0.0886. The zero-order valence-electron chi connectivity index (χ0n) is 26.8. The van der Waals surface area contributed by atoms with Crippen LogP contribution >= 0.6 is 22.9 Å². The first kappa shape index (κ1) is 34.2. The fourth-order valence-corrected chi connectivity index (χ4v) is 7.04. The van der Waals surface area contributed by atoms with Gasteiger partial charge in [-0.25, -0.2) is 4.79 Å². The highest BCUT2D eigenvalue weighted by Gasteiger charge is 2.23. The molecule has 1 saturated heterocycles. The predicted molar refractivity (Wildman–Crippen MR) is 196 cm³/mol. The highest BCUT2D eigenvalue weighted by molar-refractivity contribution is 7.16. The summed E-state index contributed by atoms with van der Waals surface area (Å²) in [5.74, 6) is -0.0534. The highest BCUT2D eigenvalue weighted by Crippen LogP contribution is 2.29. The fourth-order valence-electron chi connectivity index (χ4n) is 5.98. The van der Waals surface area contributed by atoms with Crippen LogP contribution < -0.4 is 20.8 Å². The van der Waals surface area contributed by atoms with Crippen LogP contribution in [0.15, 0.2) is 89.7 Å². The molecule has 0 unspecified atom stereocenters. The van der Waals surface area contributed by atoms with E-state index in [2.05, 4.69) is 25.8 Å². The number of benzene rings is 4. The standard InChI is InChI=1S/C37H38ClN5O5S/c38-29-12-10-24(23-39-18-14-26-11-13-32(44)34-35(26)49-37(47)42-34)22-31(29)40-33(45)17-21-43-19-15-27(16-20-43)48-36(46)41-30-9-5-4-8-28(30)25-6-2-1-3-7-25/h1-13,22,27,39,44H,14-21,23H2,(H,40,45)(H,41,46)(H,42,47). The molecule has 5 N–H and O–H groups in total. The monoisotopic (exact) mass is 699 g/mol. The van der Waals surface area contributed by atoms with E-state index in [0.717, 1.165) is 51.4 Å². The number of amides is 2. The van der Waals surface area contributed by atoms with Gasteiger partial charge in [0.15, 0.2) is 0 Å². The maximum absolute atomic E-state index is 12.9. The third kappa shape index (κ3) is 9.07. The van der Waals surface area contributed by atoms with E-state index in [0.29, 0.717) is 67.2 Å². The average molecular weight is 700 g/mol. The molecule has 12 heteroatoms. The van der Waals surface area contributed by atoms with E-state index in [9.17, 15) is 19.5 Å². The number of fused-ring (bicyclic) bond motifs is 1. The Morgan fingerprint density at radius 1 is 0.959 bits per heavy atom. The minimum atomic E-state index is -0.467. The van der Waals surface area contributed by atoms with Gasteiger partial charge in [0.05, 0.1) is 21.1 Å². The van der Waals surface area contributed by atoms with Gasteiger partial charge in [-0.3, -0.25) is 14.9 Å². The molecule has 2 heterocycles. The van der Waals surface area contributed by atoms with Gasteiger partial charge in [-0.15, -0.1) is 0 Å². The molecule has 0 aliphatic carbocycles. The molecule has 10 nitrogen and oxygen atoms in total. The van der Waals surface area contributed by atoms with E-state index in [1.165, 1.54) is 0 Å². The van der Waals surface area contributed by atoms with Crippen LogP contribution in [-0.2, 0) is 22.5 Å². The summed E-state index contributed by atoms with van der Waals surface area (Å²) in [7, 11) is 0. The third-order valence-corrected chi connectivity index (χ3v) is 9.84. The maximum Gasteiger partial charge on any atom is 0.411 e. The van der Waals surface area contributed by atoms with E-state index < -0.39 is 6.09 Å². The number of carbonyl (C=O) groups excluding carboxylic acids is 2. The Morgan fingerprint density at radius 2 is 1.73 bits per heavy atom. The molecule has 49 heavy (non-hydrogen) atoms. The molecule has 4 aromatic carbocycles. The number of anilines is 2. The minimum absolute atomic E-state index is 0.0682. The SMILES string of the molecule is O=C(CCN1CCC(OC(=O)Nc2ccccc2-c2ccccc2)CC1)Nc1cc(CNCCc2ccc(O)c3[nH]c(=O)sc23)ccc1Cl. The fraction of sp³-hybridized carbons (Fsp3) is 0.270. The number of ether oxygens (including phenoxy) is 1. The average Bonchev–Trinajstić information content (AvgIpc) is 3.51. The Balaban J connectivity index is 0.911. The summed E-state index contributed by atoms with van der Waals surface area (Å²) in [6.07, 6.45) is 1.73. The lowest BCUT2D eigenvalue weighted by Crippen LogP contribution is -2.39. The van der Waals surface area contributed by atoms with Crippen LogP contribution in [0.5, 0.6) is 5.75 Å². The first-order valence-corrected chi connectivity index (χ1v) is 17.5. The predicted octanol–water partition coefficient (Wildman–Crippen LogP) is 6.99. The summed E-state index contributed by atoms with van der Waals surface area (Å²) in [5, 5.41) is 19.7. The summed E-state index contributed by atoms with van der Waals surface area (Å²) in [6.45, 7) is 3.27. The normalized spacial score (nSPS) is 13.7. The number of rotatable bonds is 12. The van der Waals surface area contributed by atoms with Crippen LogP contribution in [0.4, 0.5) is 16.2 Å². The molecule has 6 rings (SSSR count). The van der Waals surface area contributed by atoms with Gasteiger partial charge in [-0.2, -0.15) is 0 Å². The molecule has 1 fully saturated rings. The molecule has 1 aliphatic rings. The number of para-hydroxylation sites is 1. The zero-order valence-corrected chi connectivity index (χ0v) is 28.4. The van der Waals surface area contributed by atoms with Gasteiger partial charge in [-0.05, 0) is 66.8 Å². The third-order valence-electron chi connectivity index (χ3n) is 8.56. The molecule has 1 aliphatic heterocycles. The van der Waals surface area contributed by atoms with E-state index in [-0.39, 0.29) is 22.6 Å². The van der Waals surface area contributed by atoms with Crippen molar-refractivity contribution in [2.45, 2.75) is 38.3 Å². The molecular formula is C37H38ClN5O5S. The lowest BCUT2D eigenvalue weighted by Gasteiger charge is -2.31. The van der Waals surface area contributed by atoms with Gasteiger partial charge < -0.3 is 30.4 Å². The van der Waals surface area contributed by atoms with Gasteiger partial charge in [0.2, 0.25) is 5.91 Å². The number of carbonyl (C=O) groups is 2. The highest BCUT2D eigenvalue weighted by atomic mass is 35.5. The van der Waals surface area contributed by atoms with Crippen molar-refractivity contribution in [3.05, 3.63) is 111 Å². The number of hydrogen-bond donors (Lipinski definition) is 5. The molecule has 5 aromatic rings. The van der Waals surface area contributed by atoms with Crippen molar-refractivity contribution in [1.82, 2.24) is 15.2 Å². The Morgan fingerprint density at radius 3 is 2.55 bits per heavy atom. The van der Waals surface area contributed by atoms with Gasteiger partial charge in [0.25, 0.3) is 0 Å². The van der Waals surface area contributed by atoms with Crippen LogP contribution in [0.2, 0.25) is 5.02 Å². The van der Waals surface area contributed by atoms with Crippen LogP contribution in [0.25, 0.3) is 21.3 Å². The van der Waals surface area contributed by atoms with Gasteiger partial charge in [0, 0.05) is 38.2 Å². The molecule has 0 bridgehead atoms. The van der Waals surface area contributed by atoms with Crippen LogP contribution in [0, 0.1) is 0 Å². The summed E-state index contributed by atoms with van der Waals surface area (Å²) in [4.78, 5) is 42.1. The van der Waals surface area contributed by atoms with Crippen LogP contribution in [0.1, 0.15) is 30.4 Å². The lowest BCUT2D eigenvalue weighted by molar-refractivity contribution is -0.116. The van der Waals surface area contributed by atoms with Crippen molar-refractivity contribution < 1.29 is 19.4 Å². The number of H-pyrrole nitrogens is 1. The Hall–Kier alpha value is -4.68. The van der Waals surface area contributed by atoms with Crippen molar-refractivity contribution in [3.63, 3.8) is 0 Å². The number of aromatic nitrogens is 1. The van der Waals surface area contributed by atoms with Crippen molar-refractivity contribution >= 4 is 56.5 Å². The summed E-state index contributed by atoms with van der Waals surface area (Å²) in [6, 6.07) is 26.5. The smallest absolute Gasteiger partial charge is 0.411 e. The molecule has 0 radical (unpaired) electrons. The first-order valence-electron chi connectivity index (χ1n) is 16.3. The number of aromatic hydroxyl groups is 1. The number of phenolic OH excluding ortho intramolecular Hbond substituents is 1. The summed E-state index contributed by atoms with van der Waals surface area (Å²) in [5.41, 5.74) is 5.64. The minimum Gasteiger partial charge on any atom is -0.506 e. The Kier molecular flexibility index (Phi) is 11.3. The van der Waals surface area contributed by atoms with Crippen LogP contribution in [0.3, 0.4) is 0 Å². The number of thiazole rings is 1. The molecule has 0 spiro atoms. The van der Waals surface area contributed by atoms with E-state index in [1.54, 1.807) is 12.1 Å². The van der Waals surface area contributed by atoms with E-state index >= 15 is 0 Å². The number of halogens is 1. The molecule has 0 saturated carbocycles. The van der Waals surface area contributed by atoms with Crippen molar-refractivity contribution in [3.8, 4) is 16.9 Å². The number of likely N-dealkylation sites (tertiary alicyclic amines) is 1. The zero-order chi connectivity index (χ0) is 34.2. The maximum atomic E-state index is 12.9. The summed E-state index contributed by atoms with van der Waals surface area (Å²) < 4.78 is 6.51. The summed E-state index contributed by atoms with van der Waals surface area (Å²) >= 11 is 7.50. The largest absolute Gasteiger partial charge is 0.506 e. The topological polar surface area (TPSA) is 136 Å². The van der Waals surface area contributed by atoms with Gasteiger partial charge in [-0.1, -0.05) is 83.6 Å². The number of nitrogens with one attached hydrogen (secondary N) is 4.